The molecule has 0 spiro atoms. The van der Waals surface area contributed by atoms with Crippen molar-refractivity contribution in [3.8, 4) is 5.75 Å². The molecule has 0 aromatic heterocycles. The second kappa shape index (κ2) is 6.61. The molecule has 94 valence electrons. The molecule has 1 rings (SSSR count). The molecular formula is C12H17BrN2O2. The van der Waals surface area contributed by atoms with Crippen LogP contribution in [0.3, 0.4) is 0 Å². The molecule has 1 N–H and O–H groups in total. The number of hydrogen-bond acceptors (Lipinski definition) is 3. The van der Waals surface area contributed by atoms with Crippen molar-refractivity contribution in [2.45, 2.75) is 6.54 Å². The zero-order chi connectivity index (χ0) is 12.8. The summed E-state index contributed by atoms with van der Waals surface area (Å²) < 4.78 is 6.51. The zero-order valence-electron chi connectivity index (χ0n) is 10.3. The van der Waals surface area contributed by atoms with Crippen molar-refractivity contribution < 1.29 is 9.53 Å². The van der Waals surface area contributed by atoms with Crippen LogP contribution in [0.15, 0.2) is 22.7 Å². The molecule has 4 nitrogen and oxygen atoms in total. The predicted octanol–water partition coefficient (Wildman–Crippen LogP) is 1.64. The fourth-order valence-electron chi connectivity index (χ4n) is 1.29. The zero-order valence-corrected chi connectivity index (χ0v) is 11.9. The number of hydrogen-bond donors (Lipinski definition) is 1. The van der Waals surface area contributed by atoms with Crippen LogP contribution in [-0.4, -0.2) is 38.6 Å². The lowest BCUT2D eigenvalue weighted by Gasteiger charge is -2.14. The van der Waals surface area contributed by atoms with Crippen molar-refractivity contribution in [1.29, 1.82) is 0 Å². The molecule has 1 aromatic carbocycles. The molecular weight excluding hydrogens is 284 g/mol. The Morgan fingerprint density at radius 3 is 2.76 bits per heavy atom. The largest absolute Gasteiger partial charge is 0.483 e. The van der Waals surface area contributed by atoms with Gasteiger partial charge in [-0.05, 0) is 25.2 Å². The van der Waals surface area contributed by atoms with E-state index in [1.54, 1.807) is 14.1 Å². The van der Waals surface area contributed by atoms with Gasteiger partial charge < -0.3 is 15.0 Å². The van der Waals surface area contributed by atoms with E-state index >= 15 is 0 Å². The third-order valence-corrected chi connectivity index (χ3v) is 2.73. The molecule has 0 bridgehead atoms. The highest BCUT2D eigenvalue weighted by Crippen LogP contribution is 2.23. The van der Waals surface area contributed by atoms with Gasteiger partial charge in [0.15, 0.2) is 6.61 Å². The Hall–Kier alpha value is -1.07. The van der Waals surface area contributed by atoms with Crippen LogP contribution in [0.4, 0.5) is 0 Å². The normalized spacial score (nSPS) is 10.1. The number of carbonyl (C=O) groups is 1. The highest BCUT2D eigenvalue weighted by atomic mass is 79.9. The van der Waals surface area contributed by atoms with Gasteiger partial charge in [-0.3, -0.25) is 4.79 Å². The highest BCUT2D eigenvalue weighted by Gasteiger charge is 2.08. The van der Waals surface area contributed by atoms with Gasteiger partial charge in [0.1, 0.15) is 5.75 Å². The maximum atomic E-state index is 11.4. The number of amides is 1. The molecule has 0 aliphatic rings. The Balaban J connectivity index is 2.72. The van der Waals surface area contributed by atoms with E-state index in [0.29, 0.717) is 6.54 Å². The first-order chi connectivity index (χ1) is 8.04. The number of nitrogens with one attached hydrogen (secondary N) is 1. The topological polar surface area (TPSA) is 41.6 Å². The van der Waals surface area contributed by atoms with Crippen LogP contribution in [-0.2, 0) is 11.3 Å². The van der Waals surface area contributed by atoms with Crippen LogP contribution in [0.5, 0.6) is 5.75 Å². The molecule has 0 radical (unpaired) electrons. The molecule has 1 aromatic rings. The Labute approximate surface area is 110 Å². The fraction of sp³-hybridized carbons (Fsp3) is 0.417. The number of ether oxygens (including phenoxy) is 1. The van der Waals surface area contributed by atoms with E-state index in [4.69, 9.17) is 4.74 Å². The molecule has 0 saturated heterocycles. The summed E-state index contributed by atoms with van der Waals surface area (Å²) in [6.45, 7) is 0.760. The summed E-state index contributed by atoms with van der Waals surface area (Å²) >= 11 is 3.41. The third-order valence-electron chi connectivity index (χ3n) is 2.24. The second-order valence-electron chi connectivity index (χ2n) is 3.86. The van der Waals surface area contributed by atoms with Crippen molar-refractivity contribution in [3.63, 3.8) is 0 Å². The van der Waals surface area contributed by atoms with E-state index in [1.165, 1.54) is 4.90 Å². The predicted molar refractivity (Wildman–Crippen MR) is 71.1 cm³/mol. The van der Waals surface area contributed by atoms with E-state index in [0.717, 1.165) is 15.8 Å². The quantitative estimate of drug-likeness (QED) is 0.899. The number of halogens is 1. The smallest absolute Gasteiger partial charge is 0.259 e. The lowest BCUT2D eigenvalue weighted by atomic mass is 10.2. The van der Waals surface area contributed by atoms with Crippen LogP contribution in [0, 0.1) is 0 Å². The minimum atomic E-state index is -0.0525. The van der Waals surface area contributed by atoms with E-state index in [1.807, 2.05) is 25.2 Å². The van der Waals surface area contributed by atoms with Gasteiger partial charge in [0.2, 0.25) is 0 Å². The average Bonchev–Trinajstić information content (AvgIpc) is 2.28. The minimum absolute atomic E-state index is 0.0525. The summed E-state index contributed by atoms with van der Waals surface area (Å²) in [7, 11) is 5.29. The average molecular weight is 301 g/mol. The molecule has 0 atom stereocenters. The molecule has 0 fully saturated rings. The Morgan fingerprint density at radius 2 is 2.18 bits per heavy atom. The Bertz CT molecular complexity index is 394. The summed E-state index contributed by atoms with van der Waals surface area (Å²) in [5.41, 5.74) is 1.02. The number of benzene rings is 1. The van der Waals surface area contributed by atoms with Crippen molar-refractivity contribution in [2.75, 3.05) is 27.7 Å². The van der Waals surface area contributed by atoms with Gasteiger partial charge in [0.05, 0.1) is 0 Å². The van der Waals surface area contributed by atoms with Crippen LogP contribution in [0.1, 0.15) is 5.56 Å². The van der Waals surface area contributed by atoms with E-state index in [-0.39, 0.29) is 12.5 Å². The number of carbonyl (C=O) groups excluding carboxylic acids is 1. The van der Waals surface area contributed by atoms with Gasteiger partial charge in [-0.1, -0.05) is 15.9 Å². The maximum Gasteiger partial charge on any atom is 0.259 e. The van der Waals surface area contributed by atoms with Crippen LogP contribution in [0.25, 0.3) is 0 Å². The minimum Gasteiger partial charge on any atom is -0.483 e. The first-order valence-electron chi connectivity index (χ1n) is 5.30. The number of rotatable bonds is 5. The second-order valence-corrected chi connectivity index (χ2v) is 4.77. The molecule has 5 heteroatoms. The Morgan fingerprint density at radius 1 is 1.47 bits per heavy atom. The first-order valence-corrected chi connectivity index (χ1v) is 6.10. The summed E-state index contributed by atoms with van der Waals surface area (Å²) in [6, 6.07) is 5.74. The maximum absolute atomic E-state index is 11.4. The van der Waals surface area contributed by atoms with E-state index < -0.39 is 0 Å². The molecule has 1 amide bonds. The highest BCUT2D eigenvalue weighted by molar-refractivity contribution is 9.10. The third kappa shape index (κ3) is 4.36. The van der Waals surface area contributed by atoms with Crippen LogP contribution in [0.2, 0.25) is 0 Å². The lowest BCUT2D eigenvalue weighted by molar-refractivity contribution is -0.130. The van der Waals surface area contributed by atoms with Gasteiger partial charge in [0.25, 0.3) is 5.91 Å². The van der Waals surface area contributed by atoms with Gasteiger partial charge >= 0.3 is 0 Å². The summed E-state index contributed by atoms with van der Waals surface area (Å²) in [5.74, 6) is 0.682. The fourth-order valence-corrected chi connectivity index (χ4v) is 1.69. The molecule has 0 unspecified atom stereocenters. The van der Waals surface area contributed by atoms with Gasteiger partial charge in [-0.25, -0.2) is 0 Å². The summed E-state index contributed by atoms with van der Waals surface area (Å²) in [4.78, 5) is 12.9. The summed E-state index contributed by atoms with van der Waals surface area (Å²) in [6.07, 6.45) is 0. The van der Waals surface area contributed by atoms with Crippen molar-refractivity contribution >= 4 is 21.8 Å². The van der Waals surface area contributed by atoms with Gasteiger partial charge in [-0.15, -0.1) is 0 Å². The molecule has 0 saturated carbocycles. The van der Waals surface area contributed by atoms with Gasteiger partial charge in [-0.2, -0.15) is 0 Å². The molecule has 0 aliphatic heterocycles. The van der Waals surface area contributed by atoms with Crippen LogP contribution < -0.4 is 10.1 Å². The molecule has 0 aliphatic carbocycles. The summed E-state index contributed by atoms with van der Waals surface area (Å²) in [5, 5.41) is 3.07. The van der Waals surface area contributed by atoms with Crippen LogP contribution >= 0.6 is 15.9 Å². The van der Waals surface area contributed by atoms with Crippen molar-refractivity contribution in [2.24, 2.45) is 0 Å². The molecule has 17 heavy (non-hydrogen) atoms. The van der Waals surface area contributed by atoms with Gasteiger partial charge in [0, 0.05) is 30.7 Å². The SMILES string of the molecule is CNCc1cc(Br)ccc1OCC(=O)N(C)C. The number of likely N-dealkylation sites (N-methyl/N-ethyl adjacent to an activating group) is 1. The van der Waals surface area contributed by atoms with E-state index in [2.05, 4.69) is 21.2 Å². The number of nitrogens with zero attached hydrogens (tertiary/aromatic N) is 1. The van der Waals surface area contributed by atoms with Crippen molar-refractivity contribution in [1.82, 2.24) is 10.2 Å². The monoisotopic (exact) mass is 300 g/mol. The van der Waals surface area contributed by atoms with E-state index in [9.17, 15) is 4.79 Å². The first kappa shape index (κ1) is 14.0. The van der Waals surface area contributed by atoms with Crippen molar-refractivity contribution in [3.05, 3.63) is 28.2 Å². The Kier molecular flexibility index (Phi) is 5.44. The lowest BCUT2D eigenvalue weighted by Crippen LogP contribution is -2.27. The standard InChI is InChI=1S/C12H17BrN2O2/c1-14-7-9-6-10(13)4-5-11(9)17-8-12(16)15(2)3/h4-6,14H,7-8H2,1-3H3. The molecule has 0 heterocycles.